The van der Waals surface area contributed by atoms with Crippen LogP contribution in [0.4, 0.5) is 0 Å². The highest BCUT2D eigenvalue weighted by atomic mass is 35.5. The molecule has 2 N–H and O–H groups in total. The van der Waals surface area contributed by atoms with Gasteiger partial charge in [0.25, 0.3) is 5.91 Å². The molecule has 0 atom stereocenters. The molecule has 0 spiro atoms. The molecule has 0 aliphatic carbocycles. The maximum Gasteiger partial charge on any atom is 0.255 e. The van der Waals surface area contributed by atoms with Gasteiger partial charge in [0.1, 0.15) is 5.75 Å². The van der Waals surface area contributed by atoms with Crippen LogP contribution in [0.5, 0.6) is 5.75 Å². The Bertz CT molecular complexity index is 364. The smallest absolute Gasteiger partial charge is 0.255 e. The van der Waals surface area contributed by atoms with Crippen LogP contribution in [0.3, 0.4) is 0 Å². The Morgan fingerprint density at radius 1 is 1.53 bits per heavy atom. The van der Waals surface area contributed by atoms with Gasteiger partial charge in [-0.05, 0) is 23.6 Å². The summed E-state index contributed by atoms with van der Waals surface area (Å²) in [4.78, 5) is 10.5. The molecular formula is C11H14ClNO2. The van der Waals surface area contributed by atoms with E-state index in [9.17, 15) is 4.79 Å². The molecule has 0 aromatic heterocycles. The van der Waals surface area contributed by atoms with Crippen molar-refractivity contribution in [1.82, 2.24) is 0 Å². The number of hydrogen-bond donors (Lipinski definition) is 1. The fraction of sp³-hybridized carbons (Fsp3) is 0.364. The molecule has 15 heavy (non-hydrogen) atoms. The second kappa shape index (κ2) is 5.03. The minimum absolute atomic E-state index is 0.152. The zero-order valence-electron chi connectivity index (χ0n) is 8.79. The second-order valence-electron chi connectivity index (χ2n) is 3.60. The molecule has 0 heterocycles. The Morgan fingerprint density at radius 3 is 2.67 bits per heavy atom. The molecular weight excluding hydrogens is 214 g/mol. The van der Waals surface area contributed by atoms with E-state index in [-0.39, 0.29) is 6.61 Å². The lowest BCUT2D eigenvalue weighted by Crippen LogP contribution is -2.20. The van der Waals surface area contributed by atoms with Crippen molar-refractivity contribution in [3.05, 3.63) is 28.8 Å². The topological polar surface area (TPSA) is 52.3 Å². The third-order valence-electron chi connectivity index (χ3n) is 1.99. The second-order valence-corrected chi connectivity index (χ2v) is 4.01. The molecule has 0 bridgehead atoms. The first kappa shape index (κ1) is 11.9. The number of rotatable bonds is 4. The van der Waals surface area contributed by atoms with Crippen molar-refractivity contribution in [1.29, 1.82) is 0 Å². The summed E-state index contributed by atoms with van der Waals surface area (Å²) >= 11 is 5.98. The summed E-state index contributed by atoms with van der Waals surface area (Å²) in [6.07, 6.45) is 0. The van der Waals surface area contributed by atoms with Gasteiger partial charge in [0.05, 0.1) is 5.02 Å². The summed E-state index contributed by atoms with van der Waals surface area (Å²) in [5, 5.41) is 0.502. The average molecular weight is 228 g/mol. The van der Waals surface area contributed by atoms with Gasteiger partial charge >= 0.3 is 0 Å². The lowest BCUT2D eigenvalue weighted by atomic mass is 10.0. The Labute approximate surface area is 94.2 Å². The minimum Gasteiger partial charge on any atom is -0.482 e. The summed E-state index contributed by atoms with van der Waals surface area (Å²) < 4.78 is 5.13. The van der Waals surface area contributed by atoms with Gasteiger partial charge in [-0.2, -0.15) is 0 Å². The Morgan fingerprint density at radius 2 is 2.20 bits per heavy atom. The zero-order chi connectivity index (χ0) is 11.4. The van der Waals surface area contributed by atoms with Gasteiger partial charge in [-0.25, -0.2) is 0 Å². The van der Waals surface area contributed by atoms with Crippen molar-refractivity contribution in [2.45, 2.75) is 19.8 Å². The molecule has 1 aromatic rings. The van der Waals surface area contributed by atoms with Crippen LogP contribution in [0.2, 0.25) is 5.02 Å². The summed E-state index contributed by atoms with van der Waals surface area (Å²) in [6, 6.07) is 5.51. The van der Waals surface area contributed by atoms with Crippen LogP contribution in [-0.2, 0) is 4.79 Å². The van der Waals surface area contributed by atoms with Gasteiger partial charge in [-0.1, -0.05) is 31.5 Å². The first-order chi connectivity index (χ1) is 7.00. The molecule has 0 fully saturated rings. The van der Waals surface area contributed by atoms with Crippen molar-refractivity contribution in [3.8, 4) is 5.75 Å². The maximum atomic E-state index is 10.5. The quantitative estimate of drug-likeness (QED) is 0.858. The molecule has 0 radical (unpaired) electrons. The number of amides is 1. The van der Waals surface area contributed by atoms with Crippen molar-refractivity contribution >= 4 is 17.5 Å². The van der Waals surface area contributed by atoms with Gasteiger partial charge < -0.3 is 10.5 Å². The SMILES string of the molecule is CC(C)c1ccc(OCC(N)=O)c(Cl)c1. The Balaban J connectivity index is 2.79. The predicted octanol–water partition coefficient (Wildman–Crippen LogP) is 2.33. The molecule has 0 aliphatic heterocycles. The molecule has 1 amide bonds. The number of nitrogens with two attached hydrogens (primary N) is 1. The van der Waals surface area contributed by atoms with Crippen molar-refractivity contribution in [2.24, 2.45) is 5.73 Å². The van der Waals surface area contributed by atoms with Crippen LogP contribution < -0.4 is 10.5 Å². The van der Waals surface area contributed by atoms with Crippen LogP contribution in [0.1, 0.15) is 25.3 Å². The molecule has 0 unspecified atom stereocenters. The molecule has 0 saturated carbocycles. The molecule has 0 saturated heterocycles. The van der Waals surface area contributed by atoms with Crippen molar-refractivity contribution < 1.29 is 9.53 Å². The number of hydrogen-bond acceptors (Lipinski definition) is 2. The molecule has 1 aromatic carbocycles. The normalized spacial score (nSPS) is 10.4. The van der Waals surface area contributed by atoms with Gasteiger partial charge in [0.15, 0.2) is 6.61 Å². The number of ether oxygens (including phenoxy) is 1. The number of halogens is 1. The van der Waals surface area contributed by atoms with E-state index in [1.807, 2.05) is 12.1 Å². The first-order valence-electron chi connectivity index (χ1n) is 4.71. The van der Waals surface area contributed by atoms with E-state index in [1.54, 1.807) is 6.07 Å². The molecule has 1 rings (SSSR count). The molecule has 3 nitrogen and oxygen atoms in total. The van der Waals surface area contributed by atoms with Gasteiger partial charge in [0.2, 0.25) is 0 Å². The molecule has 4 heteroatoms. The fourth-order valence-corrected chi connectivity index (χ4v) is 1.39. The molecule has 82 valence electrons. The largest absolute Gasteiger partial charge is 0.482 e. The number of benzene rings is 1. The monoisotopic (exact) mass is 227 g/mol. The Hall–Kier alpha value is -1.22. The first-order valence-corrected chi connectivity index (χ1v) is 5.09. The average Bonchev–Trinajstić information content (AvgIpc) is 2.15. The van der Waals surface area contributed by atoms with E-state index in [4.69, 9.17) is 22.1 Å². The highest BCUT2D eigenvalue weighted by molar-refractivity contribution is 6.32. The van der Waals surface area contributed by atoms with Crippen LogP contribution in [0.25, 0.3) is 0 Å². The summed E-state index contributed by atoms with van der Waals surface area (Å²) in [5.74, 6) is 0.381. The van der Waals surface area contributed by atoms with E-state index in [0.29, 0.717) is 16.7 Å². The van der Waals surface area contributed by atoms with Gasteiger partial charge in [-0.15, -0.1) is 0 Å². The van der Waals surface area contributed by atoms with Gasteiger partial charge in [-0.3, -0.25) is 4.79 Å². The van der Waals surface area contributed by atoms with Crippen LogP contribution >= 0.6 is 11.6 Å². The third-order valence-corrected chi connectivity index (χ3v) is 2.29. The van der Waals surface area contributed by atoms with E-state index >= 15 is 0 Å². The highest BCUT2D eigenvalue weighted by Crippen LogP contribution is 2.28. The van der Waals surface area contributed by atoms with E-state index in [0.717, 1.165) is 5.56 Å². The number of primary amides is 1. The number of carbonyl (C=O) groups is 1. The van der Waals surface area contributed by atoms with Crippen molar-refractivity contribution in [3.63, 3.8) is 0 Å². The van der Waals surface area contributed by atoms with E-state index in [2.05, 4.69) is 13.8 Å². The lowest BCUT2D eigenvalue weighted by molar-refractivity contribution is -0.119. The van der Waals surface area contributed by atoms with Crippen LogP contribution in [0.15, 0.2) is 18.2 Å². The zero-order valence-corrected chi connectivity index (χ0v) is 9.54. The lowest BCUT2D eigenvalue weighted by Gasteiger charge is -2.09. The third kappa shape index (κ3) is 3.44. The Kier molecular flexibility index (Phi) is 3.97. The number of carbonyl (C=O) groups excluding carboxylic acids is 1. The standard InChI is InChI=1S/C11H14ClNO2/c1-7(2)8-3-4-10(9(12)5-8)15-6-11(13)14/h3-5,7H,6H2,1-2H3,(H2,13,14). The van der Waals surface area contributed by atoms with Gasteiger partial charge in [0, 0.05) is 0 Å². The summed E-state index contributed by atoms with van der Waals surface area (Å²) in [6.45, 7) is 4.01. The van der Waals surface area contributed by atoms with Crippen molar-refractivity contribution in [2.75, 3.05) is 6.61 Å². The summed E-state index contributed by atoms with van der Waals surface area (Å²) in [7, 11) is 0. The van der Waals surface area contributed by atoms with E-state index in [1.165, 1.54) is 0 Å². The maximum absolute atomic E-state index is 10.5. The molecule has 0 aliphatic rings. The predicted molar refractivity (Wildman–Crippen MR) is 60.2 cm³/mol. The van der Waals surface area contributed by atoms with E-state index < -0.39 is 5.91 Å². The fourth-order valence-electron chi connectivity index (χ4n) is 1.14. The highest BCUT2D eigenvalue weighted by Gasteiger charge is 2.06. The van der Waals surface area contributed by atoms with Crippen LogP contribution in [-0.4, -0.2) is 12.5 Å². The van der Waals surface area contributed by atoms with Crippen LogP contribution in [0, 0.1) is 0 Å². The summed E-state index contributed by atoms with van der Waals surface area (Å²) in [5.41, 5.74) is 6.09. The minimum atomic E-state index is -0.515.